The summed E-state index contributed by atoms with van der Waals surface area (Å²) < 4.78 is 16.7. The van der Waals surface area contributed by atoms with Gasteiger partial charge in [-0.3, -0.25) is 0 Å². The van der Waals surface area contributed by atoms with Gasteiger partial charge in [-0.15, -0.1) is 0 Å². The van der Waals surface area contributed by atoms with Gasteiger partial charge in [-0.25, -0.2) is 0 Å². The summed E-state index contributed by atoms with van der Waals surface area (Å²) in [6.07, 6.45) is 0. The normalized spacial score (nSPS) is 21.9. The molecule has 106 valence electrons. The molecular formula is C15H23NO3. The van der Waals surface area contributed by atoms with E-state index in [-0.39, 0.29) is 11.6 Å². The average Bonchev–Trinajstić information content (AvgIpc) is 2.37. The highest BCUT2D eigenvalue weighted by Crippen LogP contribution is 2.18. The molecule has 1 heterocycles. The second-order valence-electron chi connectivity index (χ2n) is 5.46. The Hall–Kier alpha value is -1.26. The van der Waals surface area contributed by atoms with Gasteiger partial charge in [-0.1, -0.05) is 0 Å². The highest BCUT2D eigenvalue weighted by molar-refractivity contribution is 5.31. The molecule has 1 aliphatic rings. The van der Waals surface area contributed by atoms with Gasteiger partial charge < -0.3 is 19.5 Å². The molecule has 1 saturated heterocycles. The van der Waals surface area contributed by atoms with Gasteiger partial charge in [0.05, 0.1) is 25.9 Å². The van der Waals surface area contributed by atoms with Gasteiger partial charge in [-0.05, 0) is 45.0 Å². The Kier molecular flexibility index (Phi) is 4.66. The maximum absolute atomic E-state index is 5.77. The van der Waals surface area contributed by atoms with E-state index in [1.54, 1.807) is 0 Å². The molecule has 0 aromatic heterocycles. The van der Waals surface area contributed by atoms with Crippen LogP contribution < -0.4 is 14.8 Å². The predicted molar refractivity (Wildman–Crippen MR) is 74.9 cm³/mol. The van der Waals surface area contributed by atoms with Crippen molar-refractivity contribution in [2.24, 2.45) is 0 Å². The van der Waals surface area contributed by atoms with Crippen LogP contribution in [0.3, 0.4) is 0 Å². The Balaban J connectivity index is 1.81. The zero-order valence-corrected chi connectivity index (χ0v) is 11.9. The van der Waals surface area contributed by atoms with Crippen LogP contribution in [0.1, 0.15) is 20.8 Å². The summed E-state index contributed by atoms with van der Waals surface area (Å²) in [5.74, 6) is 1.73. The van der Waals surface area contributed by atoms with E-state index in [4.69, 9.17) is 14.2 Å². The van der Waals surface area contributed by atoms with Crippen molar-refractivity contribution in [2.45, 2.75) is 32.4 Å². The minimum Gasteiger partial charge on any atom is -0.494 e. The molecule has 1 N–H and O–H groups in total. The van der Waals surface area contributed by atoms with Crippen molar-refractivity contribution in [3.63, 3.8) is 0 Å². The van der Waals surface area contributed by atoms with E-state index in [2.05, 4.69) is 19.2 Å². The number of morpholine rings is 1. The fraction of sp³-hybridized carbons (Fsp3) is 0.600. The van der Waals surface area contributed by atoms with Crippen LogP contribution in [0.25, 0.3) is 0 Å². The van der Waals surface area contributed by atoms with Crippen LogP contribution in [0.4, 0.5) is 0 Å². The first kappa shape index (κ1) is 14.2. The molecule has 0 amide bonds. The number of rotatable bonds is 5. The van der Waals surface area contributed by atoms with Gasteiger partial charge in [0, 0.05) is 5.54 Å². The third-order valence-corrected chi connectivity index (χ3v) is 2.96. The summed E-state index contributed by atoms with van der Waals surface area (Å²) in [7, 11) is 0. The average molecular weight is 265 g/mol. The molecule has 1 aromatic rings. The molecule has 0 bridgehead atoms. The van der Waals surface area contributed by atoms with E-state index < -0.39 is 0 Å². The molecule has 0 aliphatic carbocycles. The first-order valence-corrected chi connectivity index (χ1v) is 6.80. The molecule has 1 aromatic carbocycles. The molecule has 2 rings (SSSR count). The molecule has 4 nitrogen and oxygen atoms in total. The molecule has 1 fully saturated rings. The van der Waals surface area contributed by atoms with Gasteiger partial charge in [0.1, 0.15) is 18.1 Å². The van der Waals surface area contributed by atoms with Crippen LogP contribution in [0.2, 0.25) is 0 Å². The van der Waals surface area contributed by atoms with Gasteiger partial charge in [0.15, 0.2) is 0 Å². The van der Waals surface area contributed by atoms with Crippen LogP contribution >= 0.6 is 0 Å². The fourth-order valence-corrected chi connectivity index (χ4v) is 2.18. The van der Waals surface area contributed by atoms with Crippen LogP contribution in [0.5, 0.6) is 11.5 Å². The van der Waals surface area contributed by atoms with Crippen molar-refractivity contribution in [3.8, 4) is 11.5 Å². The molecule has 0 radical (unpaired) electrons. The van der Waals surface area contributed by atoms with E-state index in [0.717, 1.165) is 18.1 Å². The van der Waals surface area contributed by atoms with E-state index >= 15 is 0 Å². The van der Waals surface area contributed by atoms with Crippen molar-refractivity contribution < 1.29 is 14.2 Å². The van der Waals surface area contributed by atoms with Gasteiger partial charge in [0.25, 0.3) is 0 Å². The van der Waals surface area contributed by atoms with Gasteiger partial charge >= 0.3 is 0 Å². The van der Waals surface area contributed by atoms with Crippen molar-refractivity contribution in [2.75, 3.05) is 26.4 Å². The molecule has 0 spiro atoms. The lowest BCUT2D eigenvalue weighted by atomic mass is 10.0. The molecule has 1 unspecified atom stereocenters. The first-order chi connectivity index (χ1) is 9.09. The summed E-state index contributed by atoms with van der Waals surface area (Å²) in [5, 5.41) is 3.52. The first-order valence-electron chi connectivity index (χ1n) is 6.80. The SMILES string of the molecule is CCOc1ccc(OCC2COCC(C)(C)N2)cc1. The second kappa shape index (κ2) is 6.26. The molecule has 19 heavy (non-hydrogen) atoms. The second-order valence-corrected chi connectivity index (χ2v) is 5.46. The predicted octanol–water partition coefficient (Wildman–Crippen LogP) is 2.23. The lowest BCUT2D eigenvalue weighted by Gasteiger charge is -2.36. The fourth-order valence-electron chi connectivity index (χ4n) is 2.18. The maximum atomic E-state index is 5.77. The van der Waals surface area contributed by atoms with E-state index in [1.807, 2.05) is 31.2 Å². The van der Waals surface area contributed by atoms with Crippen LogP contribution in [-0.4, -0.2) is 38.0 Å². The van der Waals surface area contributed by atoms with Crippen LogP contribution in [0.15, 0.2) is 24.3 Å². The van der Waals surface area contributed by atoms with E-state index in [1.165, 1.54) is 0 Å². The van der Waals surface area contributed by atoms with Gasteiger partial charge in [0.2, 0.25) is 0 Å². The maximum Gasteiger partial charge on any atom is 0.119 e. The number of hydrogen-bond acceptors (Lipinski definition) is 4. The molecule has 1 aliphatic heterocycles. The minimum absolute atomic E-state index is 0.0189. The summed E-state index contributed by atoms with van der Waals surface area (Å²) in [4.78, 5) is 0. The van der Waals surface area contributed by atoms with E-state index in [9.17, 15) is 0 Å². The van der Waals surface area contributed by atoms with Crippen molar-refractivity contribution in [1.29, 1.82) is 0 Å². The lowest BCUT2D eigenvalue weighted by molar-refractivity contribution is 0.000943. The molecular weight excluding hydrogens is 242 g/mol. The summed E-state index contributed by atoms with van der Waals surface area (Å²) in [6, 6.07) is 7.94. The van der Waals surface area contributed by atoms with Crippen molar-refractivity contribution in [3.05, 3.63) is 24.3 Å². The van der Waals surface area contributed by atoms with Crippen LogP contribution in [0, 0.1) is 0 Å². The Morgan fingerprint density at radius 3 is 2.42 bits per heavy atom. The number of ether oxygens (including phenoxy) is 3. The summed E-state index contributed by atoms with van der Waals surface area (Å²) >= 11 is 0. The largest absolute Gasteiger partial charge is 0.494 e. The summed E-state index contributed by atoms with van der Waals surface area (Å²) in [6.45, 7) is 8.97. The Bertz CT molecular complexity index is 389. The topological polar surface area (TPSA) is 39.7 Å². The quantitative estimate of drug-likeness (QED) is 0.886. The summed E-state index contributed by atoms with van der Waals surface area (Å²) in [5.41, 5.74) is 0.0189. The number of hydrogen-bond donors (Lipinski definition) is 1. The number of benzene rings is 1. The Labute approximate surface area is 115 Å². The highest BCUT2D eigenvalue weighted by Gasteiger charge is 2.27. The van der Waals surface area contributed by atoms with E-state index in [0.29, 0.717) is 19.8 Å². The minimum atomic E-state index is 0.0189. The van der Waals surface area contributed by atoms with Crippen molar-refractivity contribution in [1.82, 2.24) is 5.32 Å². The Morgan fingerprint density at radius 2 is 1.84 bits per heavy atom. The zero-order valence-electron chi connectivity index (χ0n) is 11.9. The third-order valence-electron chi connectivity index (χ3n) is 2.96. The third kappa shape index (κ3) is 4.40. The number of nitrogens with one attached hydrogen (secondary N) is 1. The molecule has 0 saturated carbocycles. The lowest BCUT2D eigenvalue weighted by Crippen LogP contribution is -2.57. The Morgan fingerprint density at radius 1 is 1.21 bits per heavy atom. The monoisotopic (exact) mass is 265 g/mol. The van der Waals surface area contributed by atoms with Crippen molar-refractivity contribution >= 4 is 0 Å². The smallest absolute Gasteiger partial charge is 0.119 e. The standard InChI is InChI=1S/C15H23NO3/c1-4-18-13-5-7-14(8-6-13)19-10-12-9-17-11-15(2,3)16-12/h5-8,12,16H,4,9-11H2,1-3H3. The highest BCUT2D eigenvalue weighted by atomic mass is 16.5. The zero-order chi connectivity index (χ0) is 13.7. The van der Waals surface area contributed by atoms with Crippen LogP contribution in [-0.2, 0) is 4.74 Å². The molecule has 4 heteroatoms. The molecule has 1 atom stereocenters. The van der Waals surface area contributed by atoms with Gasteiger partial charge in [-0.2, -0.15) is 0 Å².